The first kappa shape index (κ1) is 16.6. The van der Waals surface area contributed by atoms with E-state index in [0.29, 0.717) is 5.92 Å². The first-order chi connectivity index (χ1) is 9.34. The molecule has 4 heteroatoms. The first-order valence-corrected chi connectivity index (χ1v) is 7.24. The molecule has 112 valence electrons. The van der Waals surface area contributed by atoms with E-state index in [0.717, 1.165) is 31.1 Å². The predicted octanol–water partition coefficient (Wildman–Crippen LogP) is 3.01. The Hall–Kier alpha value is -1.42. The van der Waals surface area contributed by atoms with E-state index in [4.69, 9.17) is 0 Å². The molecule has 0 aliphatic heterocycles. The van der Waals surface area contributed by atoms with Crippen LogP contribution in [-0.2, 0) is 6.54 Å². The zero-order valence-electron chi connectivity index (χ0n) is 13.5. The monoisotopic (exact) mass is 276 g/mol. The zero-order valence-corrected chi connectivity index (χ0v) is 13.5. The Morgan fingerprint density at radius 2 is 2.00 bits per heavy atom. The van der Waals surface area contributed by atoms with Gasteiger partial charge in [0.15, 0.2) is 0 Å². The highest BCUT2D eigenvalue weighted by Crippen LogP contribution is 2.20. The normalized spacial score (nSPS) is 11.7. The molecule has 0 spiro atoms. The fourth-order valence-electron chi connectivity index (χ4n) is 1.91. The molecule has 1 N–H and O–H groups in total. The topological polar surface area (TPSA) is 41.1 Å². The van der Waals surface area contributed by atoms with Crippen LogP contribution >= 0.6 is 0 Å². The van der Waals surface area contributed by atoms with E-state index >= 15 is 0 Å². The average molecular weight is 276 g/mol. The Bertz CT molecular complexity index is 403. The van der Waals surface area contributed by atoms with Gasteiger partial charge in [-0.05, 0) is 33.2 Å². The number of aromatic nitrogens is 2. The molecule has 0 unspecified atom stereocenters. The van der Waals surface area contributed by atoms with Crippen LogP contribution in [0.3, 0.4) is 0 Å². The molecule has 0 radical (unpaired) electrons. The molecule has 0 saturated heterocycles. The smallest absolute Gasteiger partial charge is 0.147 e. The van der Waals surface area contributed by atoms with Crippen LogP contribution < -0.4 is 10.2 Å². The minimum Gasteiger partial charge on any atom is -0.347 e. The molecule has 1 rings (SSSR count). The summed E-state index contributed by atoms with van der Waals surface area (Å²) in [5, 5.41) is 3.37. The van der Waals surface area contributed by atoms with Crippen molar-refractivity contribution in [3.63, 3.8) is 0 Å². The van der Waals surface area contributed by atoms with Gasteiger partial charge in [0.25, 0.3) is 0 Å². The van der Waals surface area contributed by atoms with E-state index in [1.807, 2.05) is 18.5 Å². The molecule has 0 aliphatic carbocycles. The molecule has 1 heterocycles. The number of rotatable bonds is 7. The van der Waals surface area contributed by atoms with Gasteiger partial charge >= 0.3 is 0 Å². The molecular formula is C16H28N4. The van der Waals surface area contributed by atoms with Gasteiger partial charge in [-0.2, -0.15) is 0 Å². The number of hydrogen-bond acceptors (Lipinski definition) is 4. The molecule has 0 saturated carbocycles. The van der Waals surface area contributed by atoms with Crippen LogP contribution in [0.4, 0.5) is 5.82 Å². The van der Waals surface area contributed by atoms with Crippen LogP contribution in [-0.4, -0.2) is 28.6 Å². The summed E-state index contributed by atoms with van der Waals surface area (Å²) in [4.78, 5) is 11.2. The maximum Gasteiger partial charge on any atom is 0.147 e. The third-order valence-corrected chi connectivity index (χ3v) is 2.95. The van der Waals surface area contributed by atoms with Crippen molar-refractivity contribution in [2.75, 3.05) is 18.0 Å². The van der Waals surface area contributed by atoms with Crippen molar-refractivity contribution >= 4 is 5.82 Å². The van der Waals surface area contributed by atoms with Crippen molar-refractivity contribution in [2.24, 2.45) is 5.92 Å². The molecule has 1 aromatic heterocycles. The number of anilines is 1. The van der Waals surface area contributed by atoms with Gasteiger partial charge in [0.1, 0.15) is 5.82 Å². The van der Waals surface area contributed by atoms with Crippen LogP contribution in [0, 0.1) is 5.92 Å². The van der Waals surface area contributed by atoms with Crippen molar-refractivity contribution in [1.82, 2.24) is 15.3 Å². The SMILES string of the molecule is C=CCN(c1cnc(CNCC(C)C)cn1)C(C)(C)C. The molecule has 1 aromatic rings. The van der Waals surface area contributed by atoms with E-state index in [9.17, 15) is 0 Å². The largest absolute Gasteiger partial charge is 0.347 e. The molecule has 20 heavy (non-hydrogen) atoms. The summed E-state index contributed by atoms with van der Waals surface area (Å²) in [6, 6.07) is 0. The van der Waals surface area contributed by atoms with Crippen molar-refractivity contribution in [3.8, 4) is 0 Å². The summed E-state index contributed by atoms with van der Waals surface area (Å²) in [6.07, 6.45) is 5.59. The lowest BCUT2D eigenvalue weighted by Crippen LogP contribution is -2.42. The maximum atomic E-state index is 4.54. The lowest BCUT2D eigenvalue weighted by atomic mass is 10.1. The third kappa shape index (κ3) is 5.29. The third-order valence-electron chi connectivity index (χ3n) is 2.95. The molecule has 0 aromatic carbocycles. The molecule has 0 amide bonds. The van der Waals surface area contributed by atoms with Gasteiger partial charge < -0.3 is 10.2 Å². The lowest BCUT2D eigenvalue weighted by Gasteiger charge is -2.35. The number of nitrogens with one attached hydrogen (secondary N) is 1. The summed E-state index contributed by atoms with van der Waals surface area (Å²) in [7, 11) is 0. The summed E-state index contributed by atoms with van der Waals surface area (Å²) < 4.78 is 0. The molecule has 4 nitrogen and oxygen atoms in total. The first-order valence-electron chi connectivity index (χ1n) is 7.24. The predicted molar refractivity (Wildman–Crippen MR) is 85.9 cm³/mol. The fourth-order valence-corrected chi connectivity index (χ4v) is 1.91. The highest BCUT2D eigenvalue weighted by Gasteiger charge is 2.21. The van der Waals surface area contributed by atoms with Crippen molar-refractivity contribution in [1.29, 1.82) is 0 Å². The highest BCUT2D eigenvalue weighted by atomic mass is 15.2. The average Bonchev–Trinajstić information content (AvgIpc) is 2.35. The lowest BCUT2D eigenvalue weighted by molar-refractivity contribution is 0.515. The Labute approximate surface area is 123 Å². The number of nitrogens with zero attached hydrogens (tertiary/aromatic N) is 3. The van der Waals surface area contributed by atoms with Crippen LogP contribution in [0.5, 0.6) is 0 Å². The van der Waals surface area contributed by atoms with Crippen molar-refractivity contribution in [2.45, 2.75) is 46.7 Å². The molecule has 0 aliphatic rings. The Kier molecular flexibility index (Phi) is 6.14. The van der Waals surface area contributed by atoms with Crippen LogP contribution in [0.25, 0.3) is 0 Å². The second kappa shape index (κ2) is 7.39. The maximum absolute atomic E-state index is 4.54. The Morgan fingerprint density at radius 3 is 2.45 bits per heavy atom. The van der Waals surface area contributed by atoms with Crippen LogP contribution in [0.15, 0.2) is 25.0 Å². The van der Waals surface area contributed by atoms with Gasteiger partial charge in [0, 0.05) is 18.6 Å². The van der Waals surface area contributed by atoms with Gasteiger partial charge in [-0.3, -0.25) is 4.98 Å². The minimum absolute atomic E-state index is 0.000277. The van der Waals surface area contributed by atoms with Gasteiger partial charge in [-0.15, -0.1) is 6.58 Å². The second-order valence-electron chi connectivity index (χ2n) is 6.46. The number of hydrogen-bond donors (Lipinski definition) is 1. The Morgan fingerprint density at radius 1 is 1.30 bits per heavy atom. The van der Waals surface area contributed by atoms with E-state index < -0.39 is 0 Å². The quantitative estimate of drug-likeness (QED) is 0.777. The van der Waals surface area contributed by atoms with Crippen LogP contribution in [0.1, 0.15) is 40.3 Å². The fraction of sp³-hybridized carbons (Fsp3) is 0.625. The van der Waals surface area contributed by atoms with Gasteiger partial charge in [0.2, 0.25) is 0 Å². The van der Waals surface area contributed by atoms with E-state index in [1.54, 1.807) is 0 Å². The summed E-state index contributed by atoms with van der Waals surface area (Å²) in [5.41, 5.74) is 0.974. The van der Waals surface area contributed by atoms with Crippen molar-refractivity contribution < 1.29 is 0 Å². The van der Waals surface area contributed by atoms with E-state index in [1.165, 1.54) is 0 Å². The molecule has 0 bridgehead atoms. The Balaban J connectivity index is 2.71. The van der Waals surface area contributed by atoms with E-state index in [-0.39, 0.29) is 5.54 Å². The molecular weight excluding hydrogens is 248 g/mol. The van der Waals surface area contributed by atoms with Gasteiger partial charge in [0.05, 0.1) is 18.1 Å². The zero-order chi connectivity index (χ0) is 15.2. The second-order valence-corrected chi connectivity index (χ2v) is 6.46. The van der Waals surface area contributed by atoms with Crippen molar-refractivity contribution in [3.05, 3.63) is 30.7 Å². The standard InChI is InChI=1S/C16H28N4/c1-7-8-20(16(4,5)6)15-12-18-14(11-19-15)10-17-9-13(2)3/h7,11-13,17H,1,8-10H2,2-6H3. The van der Waals surface area contributed by atoms with E-state index in [2.05, 4.69) is 61.4 Å². The summed E-state index contributed by atoms with van der Waals surface area (Å²) in [6.45, 7) is 17.2. The van der Waals surface area contributed by atoms with Crippen LogP contribution in [0.2, 0.25) is 0 Å². The highest BCUT2D eigenvalue weighted by molar-refractivity contribution is 5.40. The summed E-state index contributed by atoms with van der Waals surface area (Å²) in [5.74, 6) is 1.54. The van der Waals surface area contributed by atoms with Gasteiger partial charge in [-0.1, -0.05) is 19.9 Å². The van der Waals surface area contributed by atoms with Gasteiger partial charge in [-0.25, -0.2) is 4.98 Å². The summed E-state index contributed by atoms with van der Waals surface area (Å²) >= 11 is 0. The molecule has 0 fully saturated rings. The molecule has 0 atom stereocenters. The minimum atomic E-state index is 0.000277.